The van der Waals surface area contributed by atoms with Crippen molar-refractivity contribution in [2.45, 2.75) is 20.8 Å². The Bertz CT molecular complexity index is 707. The SMILES string of the molecule is COc1cc(Nc2nc(C)cc(NCC(C)C)n2)c(OC)cc1Cl. The third kappa shape index (κ3) is 4.64. The van der Waals surface area contributed by atoms with Crippen LogP contribution < -0.4 is 20.1 Å². The summed E-state index contributed by atoms with van der Waals surface area (Å²) in [6, 6.07) is 5.36. The summed E-state index contributed by atoms with van der Waals surface area (Å²) in [6.07, 6.45) is 0. The van der Waals surface area contributed by atoms with Crippen LogP contribution in [0.25, 0.3) is 0 Å². The van der Waals surface area contributed by atoms with Gasteiger partial charge < -0.3 is 20.1 Å². The third-order valence-electron chi connectivity index (χ3n) is 3.27. The molecule has 0 aliphatic heterocycles. The molecule has 0 saturated heterocycles. The largest absolute Gasteiger partial charge is 0.495 e. The smallest absolute Gasteiger partial charge is 0.229 e. The molecule has 1 heterocycles. The van der Waals surface area contributed by atoms with Gasteiger partial charge >= 0.3 is 0 Å². The van der Waals surface area contributed by atoms with Crippen LogP contribution in [0.2, 0.25) is 5.02 Å². The number of nitrogens with one attached hydrogen (secondary N) is 2. The number of methoxy groups -OCH3 is 2. The van der Waals surface area contributed by atoms with Gasteiger partial charge in [-0.3, -0.25) is 0 Å². The Hall–Kier alpha value is -2.21. The topological polar surface area (TPSA) is 68.3 Å². The van der Waals surface area contributed by atoms with Crippen LogP contribution in [0.15, 0.2) is 18.2 Å². The molecule has 0 unspecified atom stereocenters. The zero-order chi connectivity index (χ0) is 17.7. The zero-order valence-electron chi connectivity index (χ0n) is 14.6. The Labute approximate surface area is 147 Å². The van der Waals surface area contributed by atoms with Crippen LogP contribution >= 0.6 is 11.6 Å². The van der Waals surface area contributed by atoms with E-state index in [1.54, 1.807) is 26.4 Å². The monoisotopic (exact) mass is 350 g/mol. The van der Waals surface area contributed by atoms with E-state index in [0.717, 1.165) is 18.1 Å². The first-order valence-corrected chi connectivity index (χ1v) is 8.08. The van der Waals surface area contributed by atoms with Crippen molar-refractivity contribution in [3.8, 4) is 11.5 Å². The molecule has 0 spiro atoms. The van der Waals surface area contributed by atoms with Crippen molar-refractivity contribution in [3.63, 3.8) is 0 Å². The fourth-order valence-corrected chi connectivity index (χ4v) is 2.33. The number of rotatable bonds is 7. The molecule has 2 N–H and O–H groups in total. The summed E-state index contributed by atoms with van der Waals surface area (Å²) < 4.78 is 10.6. The number of anilines is 3. The first kappa shape index (κ1) is 18.1. The normalized spacial score (nSPS) is 10.6. The minimum atomic E-state index is 0.476. The molecule has 0 saturated carbocycles. The number of aromatic nitrogens is 2. The average molecular weight is 351 g/mol. The zero-order valence-corrected chi connectivity index (χ0v) is 15.4. The van der Waals surface area contributed by atoms with Gasteiger partial charge in [-0.1, -0.05) is 25.4 Å². The fraction of sp³-hybridized carbons (Fsp3) is 0.412. The van der Waals surface area contributed by atoms with E-state index in [4.69, 9.17) is 21.1 Å². The van der Waals surface area contributed by atoms with Crippen molar-refractivity contribution in [2.24, 2.45) is 5.92 Å². The van der Waals surface area contributed by atoms with E-state index in [0.29, 0.717) is 34.1 Å². The van der Waals surface area contributed by atoms with Gasteiger partial charge in [-0.05, 0) is 12.8 Å². The quantitative estimate of drug-likeness (QED) is 0.777. The van der Waals surface area contributed by atoms with E-state index < -0.39 is 0 Å². The molecule has 130 valence electrons. The lowest BCUT2D eigenvalue weighted by molar-refractivity contribution is 0.405. The summed E-state index contributed by atoms with van der Waals surface area (Å²) in [5.74, 6) is 2.91. The first-order chi connectivity index (χ1) is 11.4. The summed E-state index contributed by atoms with van der Waals surface area (Å²) in [7, 11) is 3.14. The van der Waals surface area contributed by atoms with Crippen LogP contribution in [0.4, 0.5) is 17.5 Å². The molecule has 0 atom stereocenters. The van der Waals surface area contributed by atoms with Gasteiger partial charge in [-0.25, -0.2) is 4.98 Å². The maximum Gasteiger partial charge on any atom is 0.229 e. The van der Waals surface area contributed by atoms with Crippen LogP contribution in [-0.2, 0) is 0 Å². The number of hydrogen-bond acceptors (Lipinski definition) is 6. The van der Waals surface area contributed by atoms with Gasteiger partial charge in [0.15, 0.2) is 0 Å². The van der Waals surface area contributed by atoms with Gasteiger partial charge in [0.05, 0.1) is 24.9 Å². The second kappa shape index (κ2) is 8.06. The predicted octanol–water partition coefficient (Wildman–Crippen LogP) is 4.27. The number of benzene rings is 1. The summed E-state index contributed by atoms with van der Waals surface area (Å²) in [5.41, 5.74) is 1.54. The van der Waals surface area contributed by atoms with E-state index in [1.165, 1.54) is 0 Å². The lowest BCUT2D eigenvalue weighted by Gasteiger charge is -2.14. The molecule has 6 nitrogen and oxygen atoms in total. The van der Waals surface area contributed by atoms with Crippen LogP contribution in [0.1, 0.15) is 19.5 Å². The van der Waals surface area contributed by atoms with Gasteiger partial charge in [-0.2, -0.15) is 4.98 Å². The Morgan fingerprint density at radius 3 is 2.42 bits per heavy atom. The minimum Gasteiger partial charge on any atom is -0.495 e. The molecule has 24 heavy (non-hydrogen) atoms. The van der Waals surface area contributed by atoms with Crippen molar-refractivity contribution in [3.05, 3.63) is 28.9 Å². The van der Waals surface area contributed by atoms with E-state index in [2.05, 4.69) is 34.4 Å². The third-order valence-corrected chi connectivity index (χ3v) is 3.56. The molecule has 0 radical (unpaired) electrons. The van der Waals surface area contributed by atoms with Crippen molar-refractivity contribution in [1.29, 1.82) is 0 Å². The molecule has 0 aliphatic rings. The average Bonchev–Trinajstić information content (AvgIpc) is 2.53. The van der Waals surface area contributed by atoms with Gasteiger partial charge in [0.2, 0.25) is 5.95 Å². The second-order valence-corrected chi connectivity index (χ2v) is 6.21. The second-order valence-electron chi connectivity index (χ2n) is 5.80. The summed E-state index contributed by atoms with van der Waals surface area (Å²) in [5, 5.41) is 6.95. The van der Waals surface area contributed by atoms with Crippen molar-refractivity contribution in [1.82, 2.24) is 9.97 Å². The van der Waals surface area contributed by atoms with E-state index in [1.807, 2.05) is 13.0 Å². The lowest BCUT2D eigenvalue weighted by Crippen LogP contribution is -2.11. The molecular weight excluding hydrogens is 328 g/mol. The minimum absolute atomic E-state index is 0.476. The number of hydrogen-bond donors (Lipinski definition) is 2. The Morgan fingerprint density at radius 2 is 1.79 bits per heavy atom. The Balaban J connectivity index is 2.30. The maximum atomic E-state index is 6.13. The summed E-state index contributed by atoms with van der Waals surface area (Å²) in [6.45, 7) is 7.05. The summed E-state index contributed by atoms with van der Waals surface area (Å²) in [4.78, 5) is 8.91. The van der Waals surface area contributed by atoms with E-state index in [-0.39, 0.29) is 0 Å². The highest BCUT2D eigenvalue weighted by atomic mass is 35.5. The van der Waals surface area contributed by atoms with Crippen molar-refractivity contribution < 1.29 is 9.47 Å². The van der Waals surface area contributed by atoms with Gasteiger partial charge in [0.1, 0.15) is 17.3 Å². The molecule has 2 rings (SSSR count). The standard InChI is InChI=1S/C17H23ClN4O2/c1-10(2)9-19-16-6-11(3)20-17(22-16)21-13-8-14(23-4)12(18)7-15(13)24-5/h6-8,10H,9H2,1-5H3,(H2,19,20,21,22). The highest BCUT2D eigenvalue weighted by Gasteiger charge is 2.12. The Morgan fingerprint density at radius 1 is 1.08 bits per heavy atom. The maximum absolute atomic E-state index is 6.13. The molecule has 0 amide bonds. The molecule has 0 fully saturated rings. The van der Waals surface area contributed by atoms with Gasteiger partial charge in [-0.15, -0.1) is 0 Å². The summed E-state index contributed by atoms with van der Waals surface area (Å²) >= 11 is 6.13. The molecule has 2 aromatic rings. The number of halogens is 1. The highest BCUT2D eigenvalue weighted by Crippen LogP contribution is 2.36. The molecule has 0 bridgehead atoms. The van der Waals surface area contributed by atoms with Crippen molar-refractivity contribution >= 4 is 29.1 Å². The van der Waals surface area contributed by atoms with Gasteiger partial charge in [0.25, 0.3) is 0 Å². The number of ether oxygens (including phenoxy) is 2. The Kier molecular flexibility index (Phi) is 6.09. The molecule has 1 aromatic carbocycles. The van der Waals surface area contributed by atoms with Crippen molar-refractivity contribution in [2.75, 3.05) is 31.4 Å². The number of aryl methyl sites for hydroxylation is 1. The molecule has 1 aromatic heterocycles. The fourth-order valence-electron chi connectivity index (χ4n) is 2.10. The molecular formula is C17H23ClN4O2. The highest BCUT2D eigenvalue weighted by molar-refractivity contribution is 6.32. The molecule has 0 aliphatic carbocycles. The molecule has 7 heteroatoms. The van der Waals surface area contributed by atoms with E-state index >= 15 is 0 Å². The van der Waals surface area contributed by atoms with Crippen LogP contribution in [-0.4, -0.2) is 30.7 Å². The van der Waals surface area contributed by atoms with Crippen LogP contribution in [0.3, 0.4) is 0 Å². The predicted molar refractivity (Wildman–Crippen MR) is 97.9 cm³/mol. The van der Waals surface area contributed by atoms with E-state index in [9.17, 15) is 0 Å². The van der Waals surface area contributed by atoms with Gasteiger partial charge in [0, 0.05) is 30.4 Å². The number of nitrogens with zero attached hydrogens (tertiary/aromatic N) is 2. The lowest BCUT2D eigenvalue weighted by atomic mass is 10.2. The van der Waals surface area contributed by atoms with Crippen LogP contribution in [0.5, 0.6) is 11.5 Å². The van der Waals surface area contributed by atoms with Crippen LogP contribution in [0, 0.1) is 12.8 Å². The first-order valence-electron chi connectivity index (χ1n) is 7.71.